The summed E-state index contributed by atoms with van der Waals surface area (Å²) >= 11 is 0. The van der Waals surface area contributed by atoms with Crippen LogP contribution in [0.3, 0.4) is 0 Å². The van der Waals surface area contributed by atoms with E-state index in [1.807, 2.05) is 72.2 Å². The van der Waals surface area contributed by atoms with Crippen LogP contribution >= 0.6 is 0 Å². The van der Waals surface area contributed by atoms with Crippen LogP contribution in [0, 0.1) is 6.92 Å². The number of morpholine rings is 1. The van der Waals surface area contributed by atoms with Gasteiger partial charge in [0, 0.05) is 30.2 Å². The van der Waals surface area contributed by atoms with Crippen molar-refractivity contribution in [3.63, 3.8) is 0 Å². The molecule has 8 nitrogen and oxygen atoms in total. The molecular weight excluding hydrogens is 444 g/mol. The molecule has 0 atom stereocenters. The van der Waals surface area contributed by atoms with Crippen LogP contribution in [-0.4, -0.2) is 54.3 Å². The van der Waals surface area contributed by atoms with Crippen molar-refractivity contribution in [1.82, 2.24) is 9.55 Å². The standard InChI is InChI=1S/C27H26N4O4/c1-19-28-24-17-20(7-12-25(24)31(19)23-5-3-2-4-6-23)27(33)35-18-26(32)29-21-8-10-22(11-9-21)30-13-15-34-16-14-30/h2-12,17H,13-16,18H2,1H3,(H,29,32). The summed E-state index contributed by atoms with van der Waals surface area (Å²) in [4.78, 5) is 31.7. The van der Waals surface area contributed by atoms with Gasteiger partial charge >= 0.3 is 5.97 Å². The summed E-state index contributed by atoms with van der Waals surface area (Å²) in [6.07, 6.45) is 0. The van der Waals surface area contributed by atoms with E-state index in [0.717, 1.165) is 35.8 Å². The quantitative estimate of drug-likeness (QED) is 0.429. The van der Waals surface area contributed by atoms with Crippen molar-refractivity contribution in [3.05, 3.63) is 84.2 Å². The zero-order valence-corrected chi connectivity index (χ0v) is 19.4. The number of carbonyl (C=O) groups excluding carboxylic acids is 2. The normalized spacial score (nSPS) is 13.6. The van der Waals surface area contributed by atoms with Crippen LogP contribution in [0.5, 0.6) is 0 Å². The van der Waals surface area contributed by atoms with Crippen molar-refractivity contribution in [2.75, 3.05) is 43.1 Å². The number of benzene rings is 3. The molecule has 1 N–H and O–H groups in total. The van der Waals surface area contributed by atoms with Crippen molar-refractivity contribution in [3.8, 4) is 5.69 Å². The van der Waals surface area contributed by atoms with E-state index in [2.05, 4.69) is 15.2 Å². The molecule has 1 aliphatic rings. The molecule has 5 rings (SSSR count). The Kier molecular flexibility index (Phi) is 6.45. The fourth-order valence-corrected chi connectivity index (χ4v) is 4.22. The molecule has 35 heavy (non-hydrogen) atoms. The third kappa shape index (κ3) is 5.02. The van der Waals surface area contributed by atoms with Crippen LogP contribution in [0.1, 0.15) is 16.2 Å². The molecule has 2 heterocycles. The van der Waals surface area contributed by atoms with Crippen LogP contribution in [0.15, 0.2) is 72.8 Å². The van der Waals surface area contributed by atoms with E-state index >= 15 is 0 Å². The Balaban J connectivity index is 1.20. The molecule has 0 radical (unpaired) electrons. The molecular formula is C27H26N4O4. The molecule has 178 valence electrons. The Morgan fingerprint density at radius 3 is 2.46 bits per heavy atom. The average Bonchev–Trinajstić information content (AvgIpc) is 3.23. The first-order chi connectivity index (χ1) is 17.1. The Bertz CT molecular complexity index is 1340. The summed E-state index contributed by atoms with van der Waals surface area (Å²) in [5.74, 6) is -0.157. The molecule has 4 aromatic rings. The van der Waals surface area contributed by atoms with Gasteiger partial charge in [0.1, 0.15) is 5.82 Å². The lowest BCUT2D eigenvalue weighted by Gasteiger charge is -2.28. The maximum atomic E-state index is 12.6. The number of imidazole rings is 1. The number of fused-ring (bicyclic) bond motifs is 1. The molecule has 0 bridgehead atoms. The van der Waals surface area contributed by atoms with Crippen LogP contribution in [0.2, 0.25) is 0 Å². The summed E-state index contributed by atoms with van der Waals surface area (Å²) in [5, 5.41) is 2.76. The number of hydrogen-bond donors (Lipinski definition) is 1. The lowest BCUT2D eigenvalue weighted by Crippen LogP contribution is -2.36. The monoisotopic (exact) mass is 470 g/mol. The van der Waals surface area contributed by atoms with E-state index < -0.39 is 11.9 Å². The van der Waals surface area contributed by atoms with Crippen LogP contribution in [0.4, 0.5) is 11.4 Å². The van der Waals surface area contributed by atoms with Crippen molar-refractivity contribution < 1.29 is 19.1 Å². The number of carbonyl (C=O) groups is 2. The third-order valence-electron chi connectivity index (χ3n) is 5.93. The minimum Gasteiger partial charge on any atom is -0.452 e. The highest BCUT2D eigenvalue weighted by atomic mass is 16.5. The SMILES string of the molecule is Cc1nc2cc(C(=O)OCC(=O)Nc3ccc(N4CCOCC4)cc3)ccc2n1-c1ccccc1. The highest BCUT2D eigenvalue weighted by molar-refractivity contribution is 5.97. The molecule has 1 fully saturated rings. The summed E-state index contributed by atoms with van der Waals surface area (Å²) in [6.45, 7) is 4.66. The second-order valence-corrected chi connectivity index (χ2v) is 8.30. The number of nitrogens with zero attached hydrogens (tertiary/aromatic N) is 3. The molecule has 1 aromatic heterocycles. The predicted octanol–water partition coefficient (Wildman–Crippen LogP) is 3.97. The molecule has 0 aliphatic carbocycles. The second kappa shape index (κ2) is 9.99. The number of aromatic nitrogens is 2. The van der Waals surface area contributed by atoms with Gasteiger partial charge in [0.05, 0.1) is 29.8 Å². The molecule has 1 aliphatic heterocycles. The number of rotatable bonds is 6. The number of aryl methyl sites for hydroxylation is 1. The maximum absolute atomic E-state index is 12.6. The van der Waals surface area contributed by atoms with Gasteiger partial charge in [-0.25, -0.2) is 9.78 Å². The van der Waals surface area contributed by atoms with E-state index in [-0.39, 0.29) is 6.61 Å². The third-order valence-corrected chi connectivity index (χ3v) is 5.93. The first-order valence-corrected chi connectivity index (χ1v) is 11.5. The Morgan fingerprint density at radius 2 is 1.71 bits per heavy atom. The number of nitrogens with one attached hydrogen (secondary N) is 1. The topological polar surface area (TPSA) is 85.7 Å². The number of para-hydroxylation sites is 1. The maximum Gasteiger partial charge on any atom is 0.338 e. The Hall–Kier alpha value is -4.17. The molecule has 3 aromatic carbocycles. The van der Waals surface area contributed by atoms with E-state index in [9.17, 15) is 9.59 Å². The highest BCUT2D eigenvalue weighted by Gasteiger charge is 2.15. The molecule has 1 amide bonds. The van der Waals surface area contributed by atoms with Crippen molar-refractivity contribution in [1.29, 1.82) is 0 Å². The number of amides is 1. The van der Waals surface area contributed by atoms with Gasteiger partial charge in [-0.2, -0.15) is 0 Å². The van der Waals surface area contributed by atoms with Gasteiger partial charge in [-0.1, -0.05) is 18.2 Å². The number of esters is 1. The van der Waals surface area contributed by atoms with Gasteiger partial charge < -0.3 is 19.7 Å². The van der Waals surface area contributed by atoms with E-state index in [0.29, 0.717) is 30.0 Å². The van der Waals surface area contributed by atoms with E-state index in [4.69, 9.17) is 9.47 Å². The summed E-state index contributed by atoms with van der Waals surface area (Å²) in [6, 6.07) is 22.7. The fraction of sp³-hybridized carbons (Fsp3) is 0.222. The van der Waals surface area contributed by atoms with Crippen LogP contribution in [0.25, 0.3) is 16.7 Å². The molecule has 0 spiro atoms. The lowest BCUT2D eigenvalue weighted by molar-refractivity contribution is -0.119. The van der Waals surface area contributed by atoms with E-state index in [1.54, 1.807) is 12.1 Å². The number of anilines is 2. The Labute approximate surface area is 203 Å². The van der Waals surface area contributed by atoms with Gasteiger partial charge in [-0.3, -0.25) is 9.36 Å². The lowest BCUT2D eigenvalue weighted by atomic mass is 10.2. The van der Waals surface area contributed by atoms with Gasteiger partial charge in [0.25, 0.3) is 5.91 Å². The van der Waals surface area contributed by atoms with Crippen LogP contribution < -0.4 is 10.2 Å². The first-order valence-electron chi connectivity index (χ1n) is 11.5. The molecule has 0 saturated carbocycles. The number of ether oxygens (including phenoxy) is 2. The van der Waals surface area contributed by atoms with Gasteiger partial charge in [-0.15, -0.1) is 0 Å². The largest absolute Gasteiger partial charge is 0.452 e. The predicted molar refractivity (Wildman–Crippen MR) is 134 cm³/mol. The average molecular weight is 471 g/mol. The number of hydrogen-bond acceptors (Lipinski definition) is 6. The summed E-state index contributed by atoms with van der Waals surface area (Å²) in [5.41, 5.74) is 4.65. The Morgan fingerprint density at radius 1 is 0.971 bits per heavy atom. The van der Waals surface area contributed by atoms with Crippen LogP contribution in [-0.2, 0) is 14.3 Å². The smallest absolute Gasteiger partial charge is 0.338 e. The minimum atomic E-state index is -0.573. The molecule has 0 unspecified atom stereocenters. The van der Waals surface area contributed by atoms with E-state index in [1.165, 1.54) is 0 Å². The van der Waals surface area contributed by atoms with Gasteiger partial charge in [-0.05, 0) is 61.5 Å². The van der Waals surface area contributed by atoms with Crippen molar-refractivity contribution in [2.45, 2.75) is 6.92 Å². The van der Waals surface area contributed by atoms with Crippen molar-refractivity contribution in [2.24, 2.45) is 0 Å². The summed E-state index contributed by atoms with van der Waals surface area (Å²) < 4.78 is 12.7. The first kappa shape index (κ1) is 22.6. The zero-order valence-electron chi connectivity index (χ0n) is 19.4. The molecule has 8 heteroatoms. The van der Waals surface area contributed by atoms with Gasteiger partial charge in [0.15, 0.2) is 6.61 Å². The highest BCUT2D eigenvalue weighted by Crippen LogP contribution is 2.23. The minimum absolute atomic E-state index is 0.345. The van der Waals surface area contributed by atoms with Crippen molar-refractivity contribution >= 4 is 34.3 Å². The summed E-state index contributed by atoms with van der Waals surface area (Å²) in [7, 11) is 0. The molecule has 1 saturated heterocycles. The van der Waals surface area contributed by atoms with Gasteiger partial charge in [0.2, 0.25) is 0 Å². The second-order valence-electron chi connectivity index (χ2n) is 8.30. The fourth-order valence-electron chi connectivity index (χ4n) is 4.22. The zero-order chi connectivity index (χ0) is 24.2.